The third kappa shape index (κ3) is 4.68. The monoisotopic (exact) mass is 450 g/mol. The lowest BCUT2D eigenvalue weighted by molar-refractivity contribution is -0.0494. The summed E-state index contributed by atoms with van der Waals surface area (Å²) in [6.45, 7) is 4.41. The lowest BCUT2D eigenvalue weighted by Gasteiger charge is -2.47. The zero-order chi connectivity index (χ0) is 22.9. The Morgan fingerprint density at radius 3 is 2.75 bits per heavy atom. The van der Waals surface area contributed by atoms with Gasteiger partial charge in [-0.05, 0) is 19.4 Å². The van der Waals surface area contributed by atoms with E-state index in [9.17, 15) is 8.78 Å². The summed E-state index contributed by atoms with van der Waals surface area (Å²) in [4.78, 5) is 17.7. The number of methoxy groups -OCH3 is 1. The van der Waals surface area contributed by atoms with Gasteiger partial charge in [0.1, 0.15) is 11.4 Å². The van der Waals surface area contributed by atoms with Gasteiger partial charge in [-0.25, -0.2) is 9.97 Å². The highest BCUT2D eigenvalue weighted by molar-refractivity contribution is 5.68. The molecule has 0 radical (unpaired) electrons. The van der Waals surface area contributed by atoms with Crippen LogP contribution in [0.2, 0.25) is 0 Å². The van der Waals surface area contributed by atoms with E-state index < -0.39 is 6.61 Å². The first-order valence-electron chi connectivity index (χ1n) is 10.6. The van der Waals surface area contributed by atoms with Gasteiger partial charge in [0, 0.05) is 38.0 Å². The largest absolute Gasteiger partial charge is 0.431 e. The average Bonchev–Trinajstić information content (AvgIpc) is 2.77. The molecule has 0 aromatic carbocycles. The molecule has 4 rings (SSSR count). The Bertz CT molecular complexity index is 957. The summed E-state index contributed by atoms with van der Waals surface area (Å²) in [5, 5.41) is 0. The Hall–Kier alpha value is -2.79. The molecule has 9 nitrogen and oxygen atoms in total. The van der Waals surface area contributed by atoms with Crippen molar-refractivity contribution < 1.29 is 23.0 Å². The van der Waals surface area contributed by atoms with E-state index in [-0.39, 0.29) is 23.3 Å². The molecule has 0 aliphatic carbocycles. The molecule has 0 saturated carbocycles. The van der Waals surface area contributed by atoms with Crippen LogP contribution in [0.4, 0.5) is 26.4 Å². The second kappa shape index (κ2) is 8.99. The summed E-state index contributed by atoms with van der Waals surface area (Å²) < 4.78 is 41.4. The predicted octanol–water partition coefficient (Wildman–Crippen LogP) is 2.56. The molecule has 0 bridgehead atoms. The minimum atomic E-state index is -3.00. The molecule has 2 aliphatic rings. The number of hydrogen-bond acceptors (Lipinski definition) is 9. The number of pyridine rings is 1. The first-order valence-corrected chi connectivity index (χ1v) is 10.6. The molecule has 2 aromatic heterocycles. The van der Waals surface area contributed by atoms with Crippen molar-refractivity contribution in [3.05, 3.63) is 18.3 Å². The number of anilines is 3. The molecule has 0 unspecified atom stereocenters. The van der Waals surface area contributed by atoms with E-state index in [4.69, 9.17) is 20.2 Å². The second-order valence-corrected chi connectivity index (χ2v) is 8.25. The minimum Gasteiger partial charge on any atom is -0.431 e. The number of ether oxygens (including phenoxy) is 3. The van der Waals surface area contributed by atoms with Crippen LogP contribution in [0.5, 0.6) is 5.75 Å². The fourth-order valence-electron chi connectivity index (χ4n) is 3.87. The van der Waals surface area contributed by atoms with E-state index in [0.29, 0.717) is 50.0 Å². The highest BCUT2D eigenvalue weighted by Crippen LogP contribution is 2.33. The average molecular weight is 450 g/mol. The first kappa shape index (κ1) is 22.4. The summed E-state index contributed by atoms with van der Waals surface area (Å²) in [7, 11) is 1.68. The molecule has 2 aromatic rings. The topological polar surface area (TPSA) is 98.9 Å². The standard InChI is InChI=1S/C21H28F2N6O3/c1-4-14-10-28(5-6-31-14)17-8-15(13-7-16(32-19(22)23)18(24)25-9-13)26-20(27-17)29-11-21(2,12-29)30-3/h7-9,14,19H,4-6,10-12H2,1-3H3,(H2,24,25)/t14-/m0/s1. The van der Waals surface area contributed by atoms with Crippen LogP contribution < -0.4 is 20.3 Å². The van der Waals surface area contributed by atoms with Crippen molar-refractivity contribution >= 4 is 17.6 Å². The normalized spacial score (nSPS) is 20.4. The third-order valence-corrected chi connectivity index (χ3v) is 5.84. The van der Waals surface area contributed by atoms with Gasteiger partial charge in [-0.2, -0.15) is 13.8 Å². The number of nitrogens with zero attached hydrogens (tertiary/aromatic N) is 5. The van der Waals surface area contributed by atoms with Crippen molar-refractivity contribution in [2.24, 2.45) is 0 Å². The van der Waals surface area contributed by atoms with Gasteiger partial charge < -0.3 is 29.7 Å². The molecule has 1 atom stereocenters. The van der Waals surface area contributed by atoms with Crippen LogP contribution in [0.3, 0.4) is 0 Å². The van der Waals surface area contributed by atoms with Crippen LogP contribution in [0.1, 0.15) is 20.3 Å². The number of aromatic nitrogens is 3. The number of alkyl halides is 2. The van der Waals surface area contributed by atoms with Crippen molar-refractivity contribution in [1.82, 2.24) is 15.0 Å². The second-order valence-electron chi connectivity index (χ2n) is 8.25. The Labute approximate surface area is 185 Å². The summed E-state index contributed by atoms with van der Waals surface area (Å²) in [6.07, 6.45) is 2.51. The van der Waals surface area contributed by atoms with E-state index in [1.165, 1.54) is 12.3 Å². The zero-order valence-corrected chi connectivity index (χ0v) is 18.4. The summed E-state index contributed by atoms with van der Waals surface area (Å²) in [5.74, 6) is 0.985. The number of hydrogen-bond donors (Lipinski definition) is 1. The van der Waals surface area contributed by atoms with Crippen LogP contribution in [0.15, 0.2) is 18.3 Å². The fourth-order valence-corrected chi connectivity index (χ4v) is 3.87. The zero-order valence-electron chi connectivity index (χ0n) is 18.4. The van der Waals surface area contributed by atoms with E-state index in [1.807, 2.05) is 17.9 Å². The molecular weight excluding hydrogens is 422 g/mol. The van der Waals surface area contributed by atoms with Crippen molar-refractivity contribution in [2.45, 2.75) is 38.6 Å². The molecule has 32 heavy (non-hydrogen) atoms. The quantitative estimate of drug-likeness (QED) is 0.682. The molecule has 2 saturated heterocycles. The van der Waals surface area contributed by atoms with Crippen LogP contribution in [0, 0.1) is 0 Å². The Morgan fingerprint density at radius 2 is 2.06 bits per heavy atom. The molecule has 4 heterocycles. The van der Waals surface area contributed by atoms with Gasteiger partial charge in [-0.15, -0.1) is 0 Å². The summed E-state index contributed by atoms with van der Waals surface area (Å²) in [5.41, 5.74) is 6.50. The van der Waals surface area contributed by atoms with Crippen LogP contribution in [0.25, 0.3) is 11.3 Å². The van der Waals surface area contributed by atoms with Gasteiger partial charge in [0.2, 0.25) is 5.95 Å². The summed E-state index contributed by atoms with van der Waals surface area (Å²) >= 11 is 0. The van der Waals surface area contributed by atoms with Crippen LogP contribution >= 0.6 is 0 Å². The smallest absolute Gasteiger partial charge is 0.387 e. The lowest BCUT2D eigenvalue weighted by Crippen LogP contribution is -2.61. The highest BCUT2D eigenvalue weighted by Gasteiger charge is 2.40. The van der Waals surface area contributed by atoms with Crippen molar-refractivity contribution in [2.75, 3.05) is 55.4 Å². The molecular formula is C21H28F2N6O3. The van der Waals surface area contributed by atoms with Gasteiger partial charge in [0.15, 0.2) is 11.6 Å². The predicted molar refractivity (Wildman–Crippen MR) is 116 cm³/mol. The van der Waals surface area contributed by atoms with Gasteiger partial charge in [-0.3, -0.25) is 0 Å². The van der Waals surface area contributed by atoms with Gasteiger partial charge in [0.05, 0.1) is 31.5 Å². The Kier molecular flexibility index (Phi) is 6.29. The molecule has 2 fully saturated rings. The molecule has 174 valence electrons. The molecule has 2 N–H and O–H groups in total. The van der Waals surface area contributed by atoms with Crippen LogP contribution in [-0.2, 0) is 9.47 Å². The van der Waals surface area contributed by atoms with Gasteiger partial charge in [0.25, 0.3) is 0 Å². The number of halogens is 2. The minimum absolute atomic E-state index is 0.110. The highest BCUT2D eigenvalue weighted by atomic mass is 19.3. The summed E-state index contributed by atoms with van der Waals surface area (Å²) in [6, 6.07) is 3.25. The maximum atomic E-state index is 12.8. The maximum absolute atomic E-state index is 12.8. The number of nitrogens with two attached hydrogens (primary N) is 1. The molecule has 0 amide bonds. The lowest BCUT2D eigenvalue weighted by atomic mass is 9.97. The van der Waals surface area contributed by atoms with Gasteiger partial charge >= 0.3 is 6.61 Å². The molecule has 2 aliphatic heterocycles. The maximum Gasteiger partial charge on any atom is 0.387 e. The molecule has 11 heteroatoms. The van der Waals surface area contributed by atoms with Crippen molar-refractivity contribution in [1.29, 1.82) is 0 Å². The van der Waals surface area contributed by atoms with E-state index >= 15 is 0 Å². The number of rotatable bonds is 7. The Balaban J connectivity index is 1.71. The first-order chi connectivity index (χ1) is 15.3. The number of morpholine rings is 1. The van der Waals surface area contributed by atoms with E-state index in [0.717, 1.165) is 12.2 Å². The Morgan fingerprint density at radius 1 is 1.28 bits per heavy atom. The fraction of sp³-hybridized carbons (Fsp3) is 0.571. The van der Waals surface area contributed by atoms with Gasteiger partial charge in [-0.1, -0.05) is 6.92 Å². The number of nitrogen functional groups attached to an aromatic ring is 1. The van der Waals surface area contributed by atoms with Crippen molar-refractivity contribution in [3.8, 4) is 17.0 Å². The third-order valence-electron chi connectivity index (χ3n) is 5.84. The molecule has 0 spiro atoms. The van der Waals surface area contributed by atoms with Crippen LogP contribution in [-0.4, -0.2) is 73.2 Å². The SMILES string of the molecule is CC[C@H]1CN(c2cc(-c3cnc(N)c(OC(F)F)c3)nc(N3CC(C)(OC)C3)n2)CCO1. The van der Waals surface area contributed by atoms with E-state index in [1.54, 1.807) is 7.11 Å². The van der Waals surface area contributed by atoms with E-state index in [2.05, 4.69) is 26.5 Å². The van der Waals surface area contributed by atoms with Crippen molar-refractivity contribution in [3.63, 3.8) is 0 Å².